The van der Waals surface area contributed by atoms with Crippen LogP contribution in [-0.2, 0) is 28.8 Å². The molecule has 16 heteroatoms. The van der Waals surface area contributed by atoms with Gasteiger partial charge in [-0.15, -0.1) is 23.1 Å². The Balaban J connectivity index is 1.77. The third kappa shape index (κ3) is 5.06. The molecule has 5 N–H and O–H groups in total. The topological polar surface area (TPSA) is 203 Å². The van der Waals surface area contributed by atoms with Gasteiger partial charge in [-0.1, -0.05) is 5.16 Å². The SMILES string of the molecule is CCON=C(C(=O)NC1C(=O)N2C(C(=O)O)=C(COC(N)=O)CS[C@@H]12)c1csc(NC=O)n1. The highest BCUT2D eigenvalue weighted by Crippen LogP contribution is 2.40. The average molecular weight is 498 g/mol. The number of carbonyl (C=O) groups excluding carboxylic acids is 4. The second-order valence-electron chi connectivity index (χ2n) is 6.38. The summed E-state index contributed by atoms with van der Waals surface area (Å²) in [6, 6.07) is -1.03. The first-order valence-corrected chi connectivity index (χ1v) is 11.2. The minimum absolute atomic E-state index is 0.118. The van der Waals surface area contributed by atoms with Gasteiger partial charge in [-0.3, -0.25) is 19.3 Å². The minimum atomic E-state index is -1.38. The molecule has 1 fully saturated rings. The zero-order valence-electron chi connectivity index (χ0n) is 17.0. The van der Waals surface area contributed by atoms with E-state index in [4.69, 9.17) is 10.6 Å². The van der Waals surface area contributed by atoms with Crippen molar-refractivity contribution in [1.82, 2.24) is 15.2 Å². The van der Waals surface area contributed by atoms with Crippen LogP contribution in [-0.4, -0.2) is 81.4 Å². The molecule has 3 heterocycles. The Hall–Kier alpha value is -3.66. The molecule has 33 heavy (non-hydrogen) atoms. The van der Waals surface area contributed by atoms with Crippen molar-refractivity contribution in [3.05, 3.63) is 22.3 Å². The molecule has 2 atom stereocenters. The van der Waals surface area contributed by atoms with E-state index in [1.165, 1.54) is 17.1 Å². The van der Waals surface area contributed by atoms with E-state index in [0.29, 0.717) is 6.41 Å². The number of rotatable bonds is 10. The third-order valence-corrected chi connectivity index (χ3v) is 6.47. The minimum Gasteiger partial charge on any atom is -0.477 e. The first-order chi connectivity index (χ1) is 15.8. The number of β-lactam (4-membered cyclic amide) rings is 1. The fraction of sp³-hybridized carbons (Fsp3) is 0.353. The van der Waals surface area contributed by atoms with Gasteiger partial charge in [0, 0.05) is 16.7 Å². The van der Waals surface area contributed by atoms with Gasteiger partial charge in [0.2, 0.25) is 6.41 Å². The van der Waals surface area contributed by atoms with E-state index in [9.17, 15) is 29.1 Å². The summed E-state index contributed by atoms with van der Waals surface area (Å²) in [5.74, 6) is -2.67. The Kier molecular flexibility index (Phi) is 7.49. The predicted octanol–water partition coefficient (Wildman–Crippen LogP) is -0.714. The second-order valence-corrected chi connectivity index (χ2v) is 8.35. The summed E-state index contributed by atoms with van der Waals surface area (Å²) in [5.41, 5.74) is 4.72. The van der Waals surface area contributed by atoms with E-state index in [2.05, 4.69) is 25.5 Å². The lowest BCUT2D eigenvalue weighted by molar-refractivity contribution is -0.150. The summed E-state index contributed by atoms with van der Waals surface area (Å²) in [6.07, 6.45) is -0.644. The number of thiazole rings is 1. The molecule has 2 aliphatic heterocycles. The van der Waals surface area contributed by atoms with Gasteiger partial charge in [0.15, 0.2) is 10.8 Å². The van der Waals surface area contributed by atoms with Crippen LogP contribution in [0.25, 0.3) is 0 Å². The number of carboxylic acid groups (broad SMARTS) is 1. The highest BCUT2D eigenvalue weighted by atomic mass is 32.2. The molecule has 1 saturated heterocycles. The molecule has 1 aromatic rings. The molecule has 0 aromatic carbocycles. The molecule has 14 nitrogen and oxygen atoms in total. The molecule has 0 saturated carbocycles. The van der Waals surface area contributed by atoms with E-state index in [-0.39, 0.29) is 46.8 Å². The smallest absolute Gasteiger partial charge is 0.404 e. The number of thioether (sulfide) groups is 1. The van der Waals surface area contributed by atoms with Crippen molar-refractivity contribution in [3.63, 3.8) is 0 Å². The molecule has 1 unspecified atom stereocenters. The highest BCUT2D eigenvalue weighted by Gasteiger charge is 2.54. The predicted molar refractivity (Wildman–Crippen MR) is 115 cm³/mol. The number of ether oxygens (including phenoxy) is 1. The van der Waals surface area contributed by atoms with E-state index < -0.39 is 35.3 Å². The van der Waals surface area contributed by atoms with Gasteiger partial charge in [0.1, 0.15) is 36.0 Å². The number of hydrogen-bond acceptors (Lipinski definition) is 11. The summed E-state index contributed by atoms with van der Waals surface area (Å²) in [6.45, 7) is 1.45. The van der Waals surface area contributed by atoms with E-state index in [1.54, 1.807) is 6.92 Å². The van der Waals surface area contributed by atoms with Crippen molar-refractivity contribution in [2.45, 2.75) is 18.3 Å². The number of hydrogen-bond donors (Lipinski definition) is 4. The standard InChI is InChI=1S/C17H18N6O8S2/c1-2-31-22-9(8-5-33-17(20-8)19-6-24)12(25)21-10-13(26)23-11(15(27)28)7(3-30-16(18)29)4-32-14(10)23/h5-6,10,14H,2-4H2,1H3,(H2,18,29)(H,21,25)(H,27,28)(H,19,20,24)/t10?,14-/m0/s1. The van der Waals surface area contributed by atoms with Crippen LogP contribution in [0.3, 0.4) is 0 Å². The summed E-state index contributed by atoms with van der Waals surface area (Å²) >= 11 is 2.24. The van der Waals surface area contributed by atoms with Crippen LogP contribution in [0.1, 0.15) is 12.6 Å². The normalized spacial score (nSPS) is 19.8. The number of carboxylic acids is 1. The molecule has 0 spiro atoms. The maximum absolute atomic E-state index is 12.9. The van der Waals surface area contributed by atoms with Crippen LogP contribution in [0.5, 0.6) is 0 Å². The van der Waals surface area contributed by atoms with Crippen LogP contribution < -0.4 is 16.4 Å². The Bertz CT molecular complexity index is 1050. The summed E-state index contributed by atoms with van der Waals surface area (Å²) in [5, 5.41) is 19.2. The number of primary amides is 1. The number of anilines is 1. The second kappa shape index (κ2) is 10.3. The molecule has 0 radical (unpaired) electrons. The zero-order chi connectivity index (χ0) is 24.1. The molecular weight excluding hydrogens is 480 g/mol. The largest absolute Gasteiger partial charge is 0.477 e. The van der Waals surface area contributed by atoms with Gasteiger partial charge in [-0.25, -0.2) is 14.6 Å². The number of aromatic nitrogens is 1. The lowest BCUT2D eigenvalue weighted by Crippen LogP contribution is -2.71. The fourth-order valence-electron chi connectivity index (χ4n) is 3.00. The van der Waals surface area contributed by atoms with Crippen LogP contribution in [0, 0.1) is 0 Å². The maximum Gasteiger partial charge on any atom is 0.404 e. The lowest BCUT2D eigenvalue weighted by atomic mass is 10.0. The quantitative estimate of drug-likeness (QED) is 0.138. The maximum atomic E-state index is 12.9. The Labute approximate surface area is 194 Å². The average Bonchev–Trinajstić information content (AvgIpc) is 3.23. The molecule has 0 aliphatic carbocycles. The monoisotopic (exact) mass is 498 g/mol. The van der Waals surface area contributed by atoms with E-state index in [0.717, 1.165) is 16.2 Å². The fourth-order valence-corrected chi connectivity index (χ4v) is 4.98. The van der Waals surface area contributed by atoms with Crippen molar-refractivity contribution in [1.29, 1.82) is 0 Å². The van der Waals surface area contributed by atoms with Gasteiger partial charge in [0.05, 0.1) is 0 Å². The van der Waals surface area contributed by atoms with Crippen molar-refractivity contribution in [2.75, 3.05) is 24.3 Å². The third-order valence-electron chi connectivity index (χ3n) is 4.35. The summed E-state index contributed by atoms with van der Waals surface area (Å²) < 4.78 is 4.67. The molecular formula is C17H18N6O8S2. The van der Waals surface area contributed by atoms with Gasteiger partial charge in [-0.05, 0) is 6.92 Å². The molecule has 2 aliphatic rings. The number of nitrogens with two attached hydrogens (primary N) is 1. The van der Waals surface area contributed by atoms with Crippen LogP contribution in [0.2, 0.25) is 0 Å². The number of fused-ring (bicyclic) bond motifs is 1. The van der Waals surface area contributed by atoms with E-state index in [1.807, 2.05) is 0 Å². The summed E-state index contributed by atoms with van der Waals surface area (Å²) in [4.78, 5) is 68.9. The van der Waals surface area contributed by atoms with Crippen molar-refractivity contribution in [3.8, 4) is 0 Å². The van der Waals surface area contributed by atoms with Gasteiger partial charge in [0.25, 0.3) is 11.8 Å². The van der Waals surface area contributed by atoms with E-state index >= 15 is 0 Å². The van der Waals surface area contributed by atoms with Crippen LogP contribution in [0.15, 0.2) is 21.8 Å². The van der Waals surface area contributed by atoms with Crippen molar-refractivity contribution >= 4 is 64.2 Å². The van der Waals surface area contributed by atoms with Crippen LogP contribution >= 0.6 is 23.1 Å². The number of amides is 4. The Morgan fingerprint density at radius 1 is 1.45 bits per heavy atom. The number of carbonyl (C=O) groups is 5. The molecule has 176 valence electrons. The highest BCUT2D eigenvalue weighted by molar-refractivity contribution is 8.00. The van der Waals surface area contributed by atoms with Crippen molar-refractivity contribution in [2.24, 2.45) is 10.9 Å². The molecule has 4 amide bonds. The summed E-state index contributed by atoms with van der Waals surface area (Å²) in [7, 11) is 0. The van der Waals surface area contributed by atoms with Gasteiger partial charge < -0.3 is 31.0 Å². The zero-order valence-corrected chi connectivity index (χ0v) is 18.6. The Morgan fingerprint density at radius 2 is 2.21 bits per heavy atom. The first-order valence-electron chi connectivity index (χ1n) is 9.27. The first kappa shape index (κ1) is 24.0. The van der Waals surface area contributed by atoms with Crippen molar-refractivity contribution < 1.29 is 38.7 Å². The van der Waals surface area contributed by atoms with Gasteiger partial charge >= 0.3 is 12.1 Å². The number of nitrogens with one attached hydrogen (secondary N) is 2. The van der Waals surface area contributed by atoms with Crippen LogP contribution in [0.4, 0.5) is 9.93 Å². The number of nitrogens with zero attached hydrogens (tertiary/aromatic N) is 3. The van der Waals surface area contributed by atoms with Gasteiger partial charge in [-0.2, -0.15) is 0 Å². The molecule has 1 aromatic heterocycles. The lowest BCUT2D eigenvalue weighted by Gasteiger charge is -2.49. The molecule has 0 bridgehead atoms. The Morgan fingerprint density at radius 3 is 2.85 bits per heavy atom. The number of aliphatic carboxylic acids is 1. The molecule has 3 rings (SSSR count). The number of oxime groups is 1.